The topological polar surface area (TPSA) is 15.3 Å². The van der Waals surface area contributed by atoms with Gasteiger partial charge in [-0.1, -0.05) is 30.7 Å². The van der Waals surface area contributed by atoms with E-state index in [9.17, 15) is 0 Å². The van der Waals surface area contributed by atoms with Gasteiger partial charge in [0.2, 0.25) is 0 Å². The molecule has 0 aliphatic carbocycles. The molecule has 2 nitrogen and oxygen atoms in total. The second-order valence-electron chi connectivity index (χ2n) is 4.74. The van der Waals surface area contributed by atoms with E-state index < -0.39 is 0 Å². The predicted molar refractivity (Wildman–Crippen MR) is 84.9 cm³/mol. The first-order valence-corrected chi connectivity index (χ1v) is 7.71. The van der Waals surface area contributed by atoms with Crippen molar-refractivity contribution < 1.29 is 0 Å². The van der Waals surface area contributed by atoms with E-state index in [-0.39, 0.29) is 0 Å². The fourth-order valence-corrected chi connectivity index (χ4v) is 2.75. The van der Waals surface area contributed by atoms with E-state index in [4.69, 9.17) is 0 Å². The van der Waals surface area contributed by atoms with Gasteiger partial charge in [-0.25, -0.2) is 0 Å². The highest BCUT2D eigenvalue weighted by Gasteiger charge is 2.04. The van der Waals surface area contributed by atoms with Crippen LogP contribution in [0.2, 0.25) is 0 Å². The molecular weight excluding hydrogens is 252 g/mol. The molecule has 2 aromatic rings. The zero-order chi connectivity index (χ0) is 13.5. The lowest BCUT2D eigenvalue weighted by atomic mass is 10.2. The van der Waals surface area contributed by atoms with E-state index in [1.54, 1.807) is 0 Å². The minimum Gasteiger partial charge on any atom is -0.384 e. The molecule has 0 radical (unpaired) electrons. The summed E-state index contributed by atoms with van der Waals surface area (Å²) in [5, 5.41) is 5.62. The molecule has 0 bridgehead atoms. The highest BCUT2D eigenvalue weighted by molar-refractivity contribution is 7.09. The second-order valence-corrected chi connectivity index (χ2v) is 5.77. The Kier molecular flexibility index (Phi) is 5.43. The highest BCUT2D eigenvalue weighted by Crippen LogP contribution is 2.12. The van der Waals surface area contributed by atoms with Crippen molar-refractivity contribution in [2.24, 2.45) is 0 Å². The number of likely N-dealkylation sites (N-methyl/N-ethyl adjacent to an activating group) is 1. The molecule has 1 aromatic carbocycles. The van der Waals surface area contributed by atoms with Gasteiger partial charge in [-0.15, -0.1) is 11.3 Å². The lowest BCUT2D eigenvalue weighted by molar-refractivity contribution is 0.294. The molecule has 0 aliphatic rings. The Balaban J connectivity index is 1.75. The van der Waals surface area contributed by atoms with Crippen molar-refractivity contribution in [3.63, 3.8) is 0 Å². The maximum atomic E-state index is 3.48. The Morgan fingerprint density at radius 2 is 1.95 bits per heavy atom. The number of hydrogen-bond donors (Lipinski definition) is 1. The van der Waals surface area contributed by atoms with Gasteiger partial charge in [0.15, 0.2) is 0 Å². The summed E-state index contributed by atoms with van der Waals surface area (Å²) in [4.78, 5) is 3.91. The third-order valence-electron chi connectivity index (χ3n) is 3.22. The first-order valence-electron chi connectivity index (χ1n) is 6.83. The average Bonchev–Trinajstić information content (AvgIpc) is 2.93. The molecule has 19 heavy (non-hydrogen) atoms. The van der Waals surface area contributed by atoms with Crippen molar-refractivity contribution in [2.75, 3.05) is 25.0 Å². The summed E-state index contributed by atoms with van der Waals surface area (Å²) < 4.78 is 0. The summed E-state index contributed by atoms with van der Waals surface area (Å²) >= 11 is 1.84. The van der Waals surface area contributed by atoms with Crippen LogP contribution in [0.15, 0.2) is 41.8 Å². The van der Waals surface area contributed by atoms with Crippen LogP contribution in [0.25, 0.3) is 0 Å². The van der Waals surface area contributed by atoms with Crippen LogP contribution in [0, 0.1) is 6.92 Å². The number of hydrogen-bond acceptors (Lipinski definition) is 3. The first-order chi connectivity index (χ1) is 9.28. The molecule has 3 heteroatoms. The molecule has 0 amide bonds. The van der Waals surface area contributed by atoms with E-state index in [1.165, 1.54) is 16.1 Å². The van der Waals surface area contributed by atoms with Gasteiger partial charge in [0.25, 0.3) is 0 Å². The van der Waals surface area contributed by atoms with E-state index in [2.05, 4.69) is 65.8 Å². The first kappa shape index (κ1) is 14.1. The van der Waals surface area contributed by atoms with Gasteiger partial charge in [0, 0.05) is 30.2 Å². The fraction of sp³-hybridized carbons (Fsp3) is 0.375. The van der Waals surface area contributed by atoms with E-state index in [0.29, 0.717) is 0 Å². The van der Waals surface area contributed by atoms with Gasteiger partial charge in [0.05, 0.1) is 0 Å². The van der Waals surface area contributed by atoms with Gasteiger partial charge in [-0.05, 0) is 37.0 Å². The van der Waals surface area contributed by atoms with Crippen LogP contribution in [-0.2, 0) is 6.54 Å². The van der Waals surface area contributed by atoms with Crippen LogP contribution in [0.1, 0.15) is 17.4 Å². The number of aryl methyl sites for hydroxylation is 1. The molecule has 2 rings (SSSR count). The molecule has 102 valence electrons. The van der Waals surface area contributed by atoms with Crippen LogP contribution in [0.4, 0.5) is 5.69 Å². The minimum atomic E-state index is 0.988. The molecule has 1 heterocycles. The zero-order valence-corrected chi connectivity index (χ0v) is 12.5. The number of rotatable bonds is 7. The molecule has 0 saturated carbocycles. The smallest absolute Gasteiger partial charge is 0.0340 e. The lowest BCUT2D eigenvalue weighted by Gasteiger charge is -2.20. The lowest BCUT2D eigenvalue weighted by Crippen LogP contribution is -2.28. The maximum Gasteiger partial charge on any atom is 0.0340 e. The van der Waals surface area contributed by atoms with Crippen molar-refractivity contribution >= 4 is 17.0 Å². The minimum absolute atomic E-state index is 0.988. The van der Waals surface area contributed by atoms with E-state index in [0.717, 1.165) is 26.2 Å². The summed E-state index contributed by atoms with van der Waals surface area (Å²) in [5.41, 5.74) is 2.51. The van der Waals surface area contributed by atoms with Crippen molar-refractivity contribution in [1.82, 2.24) is 4.90 Å². The standard InChI is InChI=1S/C16H22N2S/c1-3-18(13-16-5-4-12-19-16)11-10-17-15-8-6-14(2)7-9-15/h4-9,12,17H,3,10-11,13H2,1-2H3. The maximum absolute atomic E-state index is 3.48. The number of anilines is 1. The van der Waals surface area contributed by atoms with Gasteiger partial charge in [-0.2, -0.15) is 0 Å². The van der Waals surface area contributed by atoms with Crippen LogP contribution in [0.5, 0.6) is 0 Å². The highest BCUT2D eigenvalue weighted by atomic mass is 32.1. The van der Waals surface area contributed by atoms with E-state index in [1.807, 2.05) is 11.3 Å². The Hall–Kier alpha value is -1.32. The third-order valence-corrected chi connectivity index (χ3v) is 4.08. The summed E-state index contributed by atoms with van der Waals surface area (Å²) in [6.07, 6.45) is 0. The summed E-state index contributed by atoms with van der Waals surface area (Å²) in [6, 6.07) is 12.9. The Labute approximate surface area is 120 Å². The second kappa shape index (κ2) is 7.31. The monoisotopic (exact) mass is 274 g/mol. The van der Waals surface area contributed by atoms with Gasteiger partial charge in [-0.3, -0.25) is 4.90 Å². The summed E-state index contributed by atoms with van der Waals surface area (Å²) in [5.74, 6) is 0. The van der Waals surface area contributed by atoms with Crippen LogP contribution < -0.4 is 5.32 Å². The van der Waals surface area contributed by atoms with Crippen molar-refractivity contribution in [1.29, 1.82) is 0 Å². The van der Waals surface area contributed by atoms with Crippen LogP contribution in [-0.4, -0.2) is 24.5 Å². The predicted octanol–water partition coefficient (Wildman–Crippen LogP) is 3.99. The molecule has 0 atom stereocenters. The van der Waals surface area contributed by atoms with Gasteiger partial charge >= 0.3 is 0 Å². The molecule has 0 fully saturated rings. The molecule has 0 unspecified atom stereocenters. The SMILES string of the molecule is CCN(CCNc1ccc(C)cc1)Cc1cccs1. The Bertz CT molecular complexity index is 462. The van der Waals surface area contributed by atoms with Crippen molar-refractivity contribution in [3.05, 3.63) is 52.2 Å². The number of nitrogens with one attached hydrogen (secondary N) is 1. The number of benzene rings is 1. The quantitative estimate of drug-likeness (QED) is 0.821. The van der Waals surface area contributed by atoms with Crippen LogP contribution in [0.3, 0.4) is 0 Å². The molecular formula is C16H22N2S. The van der Waals surface area contributed by atoms with Crippen molar-refractivity contribution in [3.8, 4) is 0 Å². The Morgan fingerprint density at radius 3 is 2.58 bits per heavy atom. The summed E-state index contributed by atoms with van der Waals surface area (Å²) in [6.45, 7) is 8.55. The molecule has 1 N–H and O–H groups in total. The van der Waals surface area contributed by atoms with Crippen LogP contribution >= 0.6 is 11.3 Å². The van der Waals surface area contributed by atoms with Crippen molar-refractivity contribution in [2.45, 2.75) is 20.4 Å². The number of thiophene rings is 1. The molecule has 0 saturated heterocycles. The third kappa shape index (κ3) is 4.69. The molecule has 0 aliphatic heterocycles. The molecule has 1 aromatic heterocycles. The zero-order valence-electron chi connectivity index (χ0n) is 11.7. The average molecular weight is 274 g/mol. The Morgan fingerprint density at radius 1 is 1.16 bits per heavy atom. The normalized spacial score (nSPS) is 10.9. The largest absolute Gasteiger partial charge is 0.384 e. The van der Waals surface area contributed by atoms with E-state index >= 15 is 0 Å². The van der Waals surface area contributed by atoms with Gasteiger partial charge in [0.1, 0.15) is 0 Å². The molecule has 0 spiro atoms. The number of nitrogens with zero attached hydrogens (tertiary/aromatic N) is 1. The fourth-order valence-electron chi connectivity index (χ4n) is 2.00. The van der Waals surface area contributed by atoms with Gasteiger partial charge < -0.3 is 5.32 Å². The summed E-state index contributed by atoms with van der Waals surface area (Å²) in [7, 11) is 0.